The largest absolute Gasteiger partial charge is 0.392 e. The zero-order valence-electron chi connectivity index (χ0n) is 8.62. The topological polar surface area (TPSA) is 37.3 Å². The molecule has 1 N–H and O–H groups in total. The summed E-state index contributed by atoms with van der Waals surface area (Å²) in [7, 11) is 0. The van der Waals surface area contributed by atoms with Gasteiger partial charge in [-0.3, -0.25) is 4.79 Å². The number of aliphatic hydroxyl groups is 1. The van der Waals surface area contributed by atoms with Crippen molar-refractivity contribution in [3.05, 3.63) is 46.7 Å². The molecule has 0 aromatic heterocycles. The first kappa shape index (κ1) is 13.1. The Morgan fingerprint density at radius 2 is 2.31 bits per heavy atom. The van der Waals surface area contributed by atoms with Crippen molar-refractivity contribution < 1.29 is 14.3 Å². The van der Waals surface area contributed by atoms with E-state index in [2.05, 4.69) is 22.5 Å². The molecule has 0 aliphatic carbocycles. The summed E-state index contributed by atoms with van der Waals surface area (Å²) in [5.41, 5.74) is 0.386. The number of ketones is 1. The van der Waals surface area contributed by atoms with Crippen molar-refractivity contribution in [3.8, 4) is 0 Å². The Hall–Kier alpha value is -1.00. The smallest absolute Gasteiger partial charge is 0.165 e. The first-order valence-corrected chi connectivity index (χ1v) is 5.61. The van der Waals surface area contributed by atoms with Gasteiger partial charge in [-0.2, -0.15) is 0 Å². The second-order valence-corrected chi connectivity index (χ2v) is 4.29. The summed E-state index contributed by atoms with van der Waals surface area (Å²) in [5, 5.41) is 9.43. The van der Waals surface area contributed by atoms with Crippen LogP contribution in [0.15, 0.2) is 35.3 Å². The highest BCUT2D eigenvalue weighted by Crippen LogP contribution is 2.18. The number of halogens is 2. The summed E-state index contributed by atoms with van der Waals surface area (Å²) < 4.78 is 13.2. The molecule has 0 radical (unpaired) electrons. The van der Waals surface area contributed by atoms with Crippen molar-refractivity contribution in [3.63, 3.8) is 0 Å². The zero-order chi connectivity index (χ0) is 12.1. The summed E-state index contributed by atoms with van der Waals surface area (Å²) in [6, 6.07) is 4.04. The standard InChI is InChI=1S/C12H12BrFO2/c1-2-3-9(15)7-12(16)8-4-5-11(14)10(13)6-8/h2,4-6,9,15H,1,3,7H2. The monoisotopic (exact) mass is 286 g/mol. The normalized spacial score (nSPS) is 12.2. The van der Waals surface area contributed by atoms with Crippen LogP contribution >= 0.6 is 15.9 Å². The lowest BCUT2D eigenvalue weighted by Gasteiger charge is -2.07. The fourth-order valence-corrected chi connectivity index (χ4v) is 1.66. The summed E-state index contributed by atoms with van der Waals surface area (Å²) in [4.78, 5) is 11.7. The molecule has 1 aromatic carbocycles. The van der Waals surface area contributed by atoms with E-state index in [1.54, 1.807) is 6.08 Å². The molecule has 4 heteroatoms. The number of rotatable bonds is 5. The Morgan fingerprint density at radius 1 is 1.62 bits per heavy atom. The molecule has 1 unspecified atom stereocenters. The molecule has 0 heterocycles. The van der Waals surface area contributed by atoms with Crippen molar-refractivity contribution in [2.45, 2.75) is 18.9 Å². The summed E-state index contributed by atoms with van der Waals surface area (Å²) >= 11 is 3.01. The van der Waals surface area contributed by atoms with E-state index >= 15 is 0 Å². The number of benzene rings is 1. The molecule has 1 atom stereocenters. The van der Waals surface area contributed by atoms with Crippen LogP contribution in [0.3, 0.4) is 0 Å². The van der Waals surface area contributed by atoms with Gasteiger partial charge in [0.2, 0.25) is 0 Å². The van der Waals surface area contributed by atoms with E-state index in [0.29, 0.717) is 12.0 Å². The fraction of sp³-hybridized carbons (Fsp3) is 0.250. The van der Waals surface area contributed by atoms with Gasteiger partial charge in [0.1, 0.15) is 5.82 Å². The molecule has 0 aliphatic heterocycles. The molecule has 0 saturated carbocycles. The van der Waals surface area contributed by atoms with Crippen LogP contribution in [0.5, 0.6) is 0 Å². The zero-order valence-corrected chi connectivity index (χ0v) is 10.2. The van der Waals surface area contributed by atoms with E-state index in [0.717, 1.165) is 0 Å². The van der Waals surface area contributed by atoms with Gasteiger partial charge in [-0.05, 0) is 40.5 Å². The molecule has 86 valence electrons. The Morgan fingerprint density at radius 3 is 2.88 bits per heavy atom. The van der Waals surface area contributed by atoms with Crippen molar-refractivity contribution in [1.82, 2.24) is 0 Å². The summed E-state index contributed by atoms with van der Waals surface area (Å²) in [6.45, 7) is 3.48. The maximum absolute atomic E-state index is 12.9. The van der Waals surface area contributed by atoms with Gasteiger partial charge in [0, 0.05) is 12.0 Å². The van der Waals surface area contributed by atoms with Crippen LogP contribution in [0.1, 0.15) is 23.2 Å². The SMILES string of the molecule is C=CCC(O)CC(=O)c1ccc(F)c(Br)c1. The van der Waals surface area contributed by atoms with Gasteiger partial charge >= 0.3 is 0 Å². The minimum absolute atomic E-state index is 0.0179. The van der Waals surface area contributed by atoms with Gasteiger partial charge in [0.05, 0.1) is 10.6 Å². The van der Waals surface area contributed by atoms with E-state index in [-0.39, 0.29) is 16.7 Å². The van der Waals surface area contributed by atoms with Crippen molar-refractivity contribution in [2.75, 3.05) is 0 Å². The Bertz CT molecular complexity index is 404. The number of carbonyl (C=O) groups is 1. The van der Waals surface area contributed by atoms with Crippen molar-refractivity contribution >= 4 is 21.7 Å². The molecule has 16 heavy (non-hydrogen) atoms. The number of aliphatic hydroxyl groups excluding tert-OH is 1. The molecule has 0 bridgehead atoms. The van der Waals surface area contributed by atoms with Crippen LogP contribution in [-0.4, -0.2) is 17.0 Å². The van der Waals surface area contributed by atoms with Crippen LogP contribution in [0.4, 0.5) is 4.39 Å². The number of hydrogen-bond donors (Lipinski definition) is 1. The second-order valence-electron chi connectivity index (χ2n) is 3.43. The molecular formula is C12H12BrFO2. The average molecular weight is 287 g/mol. The Labute approximate surface area is 102 Å². The Balaban J connectivity index is 2.73. The minimum Gasteiger partial charge on any atom is -0.392 e. The number of hydrogen-bond acceptors (Lipinski definition) is 2. The van der Waals surface area contributed by atoms with E-state index in [1.807, 2.05) is 0 Å². The maximum atomic E-state index is 12.9. The molecule has 0 amide bonds. The summed E-state index contributed by atoms with van der Waals surface area (Å²) in [5.74, 6) is -0.627. The first-order valence-electron chi connectivity index (χ1n) is 4.81. The van der Waals surface area contributed by atoms with Gasteiger partial charge in [-0.15, -0.1) is 6.58 Å². The van der Waals surface area contributed by atoms with E-state index in [4.69, 9.17) is 0 Å². The lowest BCUT2D eigenvalue weighted by molar-refractivity contribution is 0.0884. The fourth-order valence-electron chi connectivity index (χ4n) is 1.28. The van der Waals surface area contributed by atoms with Crippen LogP contribution in [0, 0.1) is 5.82 Å². The molecule has 2 nitrogen and oxygen atoms in total. The minimum atomic E-state index is -0.728. The average Bonchev–Trinajstić information content (AvgIpc) is 2.22. The molecule has 0 spiro atoms. The highest BCUT2D eigenvalue weighted by molar-refractivity contribution is 9.10. The highest BCUT2D eigenvalue weighted by Gasteiger charge is 2.12. The third-order valence-corrected chi connectivity index (χ3v) is 2.71. The van der Waals surface area contributed by atoms with Crippen molar-refractivity contribution in [2.24, 2.45) is 0 Å². The molecule has 1 rings (SSSR count). The van der Waals surface area contributed by atoms with Gasteiger partial charge < -0.3 is 5.11 Å². The van der Waals surface area contributed by atoms with Gasteiger partial charge in [-0.1, -0.05) is 6.08 Å². The Kier molecular flexibility index (Phi) is 4.83. The third kappa shape index (κ3) is 3.54. The predicted molar refractivity (Wildman–Crippen MR) is 63.9 cm³/mol. The van der Waals surface area contributed by atoms with Gasteiger partial charge in [0.15, 0.2) is 5.78 Å². The lowest BCUT2D eigenvalue weighted by Crippen LogP contribution is -2.12. The maximum Gasteiger partial charge on any atom is 0.165 e. The highest BCUT2D eigenvalue weighted by atomic mass is 79.9. The first-order chi connectivity index (χ1) is 7.54. The summed E-state index contributed by atoms with van der Waals surface area (Å²) in [6.07, 6.45) is 1.21. The van der Waals surface area contributed by atoms with Crippen LogP contribution in [0.2, 0.25) is 0 Å². The number of carbonyl (C=O) groups excluding carboxylic acids is 1. The molecular weight excluding hydrogens is 275 g/mol. The van der Waals surface area contributed by atoms with E-state index in [9.17, 15) is 14.3 Å². The van der Waals surface area contributed by atoms with Gasteiger partial charge in [-0.25, -0.2) is 4.39 Å². The lowest BCUT2D eigenvalue weighted by atomic mass is 10.0. The molecule has 0 fully saturated rings. The van der Waals surface area contributed by atoms with Gasteiger partial charge in [0.25, 0.3) is 0 Å². The molecule has 0 saturated heterocycles. The molecule has 1 aromatic rings. The van der Waals surface area contributed by atoms with Crippen LogP contribution in [0.25, 0.3) is 0 Å². The van der Waals surface area contributed by atoms with Crippen LogP contribution in [-0.2, 0) is 0 Å². The van der Waals surface area contributed by atoms with E-state index in [1.165, 1.54) is 18.2 Å². The van der Waals surface area contributed by atoms with E-state index < -0.39 is 11.9 Å². The second kappa shape index (κ2) is 5.92. The quantitative estimate of drug-likeness (QED) is 0.667. The number of Topliss-reactive ketones (excluding diaryl/α,β-unsaturated/α-hetero) is 1. The third-order valence-electron chi connectivity index (χ3n) is 2.10. The molecule has 0 aliphatic rings. The van der Waals surface area contributed by atoms with Crippen LogP contribution < -0.4 is 0 Å². The van der Waals surface area contributed by atoms with Crippen molar-refractivity contribution in [1.29, 1.82) is 0 Å². The predicted octanol–water partition coefficient (Wildman–Crippen LogP) is 3.10.